The van der Waals surface area contributed by atoms with Crippen LogP contribution in [0.5, 0.6) is 0 Å². The van der Waals surface area contributed by atoms with E-state index in [1.165, 1.54) is 11.1 Å². The summed E-state index contributed by atoms with van der Waals surface area (Å²) in [6.45, 7) is 7.78. The predicted octanol–water partition coefficient (Wildman–Crippen LogP) is 2.08. The molecule has 0 atom stereocenters. The van der Waals surface area contributed by atoms with Crippen LogP contribution in [0.3, 0.4) is 0 Å². The Morgan fingerprint density at radius 1 is 1.17 bits per heavy atom. The fourth-order valence-corrected chi connectivity index (χ4v) is 1.86. The molecule has 1 aromatic carbocycles. The van der Waals surface area contributed by atoms with Gasteiger partial charge in [0.25, 0.3) is 0 Å². The van der Waals surface area contributed by atoms with E-state index >= 15 is 0 Å². The maximum atomic E-state index is 5.61. The summed E-state index contributed by atoms with van der Waals surface area (Å²) in [7, 11) is 0. The van der Waals surface area contributed by atoms with E-state index in [0.717, 1.165) is 12.4 Å². The summed E-state index contributed by atoms with van der Waals surface area (Å²) in [4.78, 5) is 4.11. The first-order chi connectivity index (χ1) is 8.50. The normalized spacial score (nSPS) is 11.8. The summed E-state index contributed by atoms with van der Waals surface area (Å²) < 4.78 is 1.84. The van der Waals surface area contributed by atoms with Crippen molar-refractivity contribution in [3.8, 4) is 0 Å². The van der Waals surface area contributed by atoms with Crippen LogP contribution in [0.15, 0.2) is 30.6 Å². The van der Waals surface area contributed by atoms with Gasteiger partial charge in [-0.2, -0.15) is 5.10 Å². The Morgan fingerprint density at radius 2 is 1.83 bits per heavy atom. The molecule has 0 spiro atoms. The number of nitrogens with two attached hydrogens (primary N) is 1. The Labute approximate surface area is 108 Å². The van der Waals surface area contributed by atoms with Gasteiger partial charge in [-0.15, -0.1) is 0 Å². The van der Waals surface area contributed by atoms with E-state index in [1.807, 2.05) is 4.68 Å². The lowest BCUT2D eigenvalue weighted by molar-refractivity contribution is 0.589. The minimum atomic E-state index is 0.189. The molecule has 1 aromatic heterocycles. The molecule has 0 saturated heterocycles. The number of benzene rings is 1. The van der Waals surface area contributed by atoms with E-state index < -0.39 is 0 Å². The standard InChI is InChI=1S/C14H20N4/c1-14(2,3)12-6-4-11(5-7-12)9-18-13(8-15)16-10-17-18/h4-7,10H,8-9,15H2,1-3H3. The molecule has 0 aliphatic rings. The Balaban J connectivity index is 2.16. The SMILES string of the molecule is CC(C)(C)c1ccc(Cn2ncnc2CN)cc1. The quantitative estimate of drug-likeness (QED) is 0.899. The zero-order chi connectivity index (χ0) is 13.2. The second-order valence-corrected chi connectivity index (χ2v) is 5.48. The van der Waals surface area contributed by atoms with E-state index in [2.05, 4.69) is 55.1 Å². The van der Waals surface area contributed by atoms with Crippen LogP contribution < -0.4 is 5.73 Å². The molecule has 0 amide bonds. The van der Waals surface area contributed by atoms with Crippen molar-refractivity contribution in [3.63, 3.8) is 0 Å². The molecular formula is C14H20N4. The molecular weight excluding hydrogens is 224 g/mol. The van der Waals surface area contributed by atoms with Gasteiger partial charge in [0.15, 0.2) is 0 Å². The minimum Gasteiger partial charge on any atom is -0.324 e. The third-order valence-corrected chi connectivity index (χ3v) is 3.03. The number of nitrogens with zero attached hydrogens (tertiary/aromatic N) is 3. The van der Waals surface area contributed by atoms with Crippen LogP contribution in [0.4, 0.5) is 0 Å². The first-order valence-corrected chi connectivity index (χ1v) is 6.17. The van der Waals surface area contributed by atoms with Gasteiger partial charge in [-0.05, 0) is 16.5 Å². The van der Waals surface area contributed by atoms with Crippen LogP contribution in [-0.4, -0.2) is 14.8 Å². The molecule has 96 valence electrons. The second kappa shape index (κ2) is 4.90. The molecule has 4 heteroatoms. The zero-order valence-electron chi connectivity index (χ0n) is 11.2. The van der Waals surface area contributed by atoms with Gasteiger partial charge in [-0.3, -0.25) is 0 Å². The van der Waals surface area contributed by atoms with Gasteiger partial charge in [0.2, 0.25) is 0 Å². The third kappa shape index (κ3) is 2.76. The molecule has 0 saturated carbocycles. The van der Waals surface area contributed by atoms with Gasteiger partial charge >= 0.3 is 0 Å². The lowest BCUT2D eigenvalue weighted by atomic mass is 9.87. The van der Waals surface area contributed by atoms with Crippen LogP contribution in [-0.2, 0) is 18.5 Å². The Hall–Kier alpha value is -1.68. The summed E-state index contributed by atoms with van der Waals surface area (Å²) in [6.07, 6.45) is 1.55. The van der Waals surface area contributed by atoms with E-state index in [1.54, 1.807) is 6.33 Å². The fourth-order valence-electron chi connectivity index (χ4n) is 1.86. The molecule has 0 unspecified atom stereocenters. The van der Waals surface area contributed by atoms with E-state index in [0.29, 0.717) is 6.54 Å². The van der Waals surface area contributed by atoms with E-state index in [-0.39, 0.29) is 5.41 Å². The van der Waals surface area contributed by atoms with Gasteiger partial charge in [0.1, 0.15) is 12.2 Å². The van der Waals surface area contributed by atoms with Crippen molar-refractivity contribution in [1.29, 1.82) is 0 Å². The van der Waals surface area contributed by atoms with Crippen LogP contribution in [0.2, 0.25) is 0 Å². The van der Waals surface area contributed by atoms with Crippen molar-refractivity contribution in [2.24, 2.45) is 5.73 Å². The zero-order valence-corrected chi connectivity index (χ0v) is 11.2. The van der Waals surface area contributed by atoms with E-state index in [9.17, 15) is 0 Å². The maximum absolute atomic E-state index is 5.61. The average molecular weight is 244 g/mol. The molecule has 2 N–H and O–H groups in total. The average Bonchev–Trinajstić information content (AvgIpc) is 2.76. The summed E-state index contributed by atoms with van der Waals surface area (Å²) in [5.41, 5.74) is 8.34. The summed E-state index contributed by atoms with van der Waals surface area (Å²) in [5, 5.41) is 4.18. The van der Waals surface area contributed by atoms with Crippen LogP contribution >= 0.6 is 0 Å². The lowest BCUT2D eigenvalue weighted by Gasteiger charge is -2.19. The van der Waals surface area contributed by atoms with Crippen molar-refractivity contribution in [2.45, 2.75) is 39.3 Å². The minimum absolute atomic E-state index is 0.189. The number of hydrogen-bond donors (Lipinski definition) is 1. The van der Waals surface area contributed by atoms with E-state index in [4.69, 9.17) is 5.73 Å². The first-order valence-electron chi connectivity index (χ1n) is 6.17. The molecule has 4 nitrogen and oxygen atoms in total. The molecule has 2 rings (SSSR count). The largest absolute Gasteiger partial charge is 0.324 e. The van der Waals surface area contributed by atoms with Crippen molar-refractivity contribution in [1.82, 2.24) is 14.8 Å². The Morgan fingerprint density at radius 3 is 2.39 bits per heavy atom. The van der Waals surface area contributed by atoms with Crippen molar-refractivity contribution < 1.29 is 0 Å². The van der Waals surface area contributed by atoms with Gasteiger partial charge in [0, 0.05) is 0 Å². The number of rotatable bonds is 3. The third-order valence-electron chi connectivity index (χ3n) is 3.03. The second-order valence-electron chi connectivity index (χ2n) is 5.48. The molecule has 1 heterocycles. The highest BCUT2D eigenvalue weighted by atomic mass is 15.3. The maximum Gasteiger partial charge on any atom is 0.140 e. The monoisotopic (exact) mass is 244 g/mol. The van der Waals surface area contributed by atoms with Gasteiger partial charge in [-0.25, -0.2) is 9.67 Å². The van der Waals surface area contributed by atoms with Crippen LogP contribution in [0.25, 0.3) is 0 Å². The van der Waals surface area contributed by atoms with Gasteiger partial charge < -0.3 is 5.73 Å². The van der Waals surface area contributed by atoms with Crippen LogP contribution in [0, 0.1) is 0 Å². The summed E-state index contributed by atoms with van der Waals surface area (Å²) >= 11 is 0. The first kappa shape index (κ1) is 12.8. The van der Waals surface area contributed by atoms with Gasteiger partial charge in [-0.1, -0.05) is 45.0 Å². The van der Waals surface area contributed by atoms with Crippen molar-refractivity contribution in [2.75, 3.05) is 0 Å². The molecule has 0 aliphatic carbocycles. The molecule has 0 fully saturated rings. The lowest BCUT2D eigenvalue weighted by Crippen LogP contribution is -2.12. The molecule has 0 radical (unpaired) electrons. The molecule has 18 heavy (non-hydrogen) atoms. The smallest absolute Gasteiger partial charge is 0.140 e. The highest BCUT2D eigenvalue weighted by molar-refractivity contribution is 5.27. The number of hydrogen-bond acceptors (Lipinski definition) is 3. The van der Waals surface area contributed by atoms with Crippen molar-refractivity contribution in [3.05, 3.63) is 47.5 Å². The molecule has 0 bridgehead atoms. The molecule has 2 aromatic rings. The van der Waals surface area contributed by atoms with Crippen LogP contribution in [0.1, 0.15) is 37.7 Å². The summed E-state index contributed by atoms with van der Waals surface area (Å²) in [6, 6.07) is 8.63. The summed E-state index contributed by atoms with van der Waals surface area (Å²) in [5.74, 6) is 0.815. The van der Waals surface area contributed by atoms with Crippen molar-refractivity contribution >= 4 is 0 Å². The Kier molecular flexibility index (Phi) is 3.48. The van der Waals surface area contributed by atoms with Gasteiger partial charge in [0.05, 0.1) is 13.1 Å². The fraction of sp³-hybridized carbons (Fsp3) is 0.429. The Bertz CT molecular complexity index is 505. The highest BCUT2D eigenvalue weighted by Gasteiger charge is 2.13. The highest BCUT2D eigenvalue weighted by Crippen LogP contribution is 2.22. The molecule has 0 aliphatic heterocycles. The predicted molar refractivity (Wildman–Crippen MR) is 72.2 cm³/mol. The topological polar surface area (TPSA) is 56.7 Å². The number of aromatic nitrogens is 3.